The molecule has 0 heterocycles. The predicted octanol–water partition coefficient (Wildman–Crippen LogP) is 3.90. The number of rotatable bonds is 14. The number of unbranched alkanes of at least 4 members (excludes halogenated alkanes) is 6. The maximum atomic E-state index is 10.5. The van der Waals surface area contributed by atoms with Crippen LogP contribution >= 0.6 is 0 Å². The molecule has 1 atom stereocenters. The molecule has 0 radical (unpaired) electrons. The SMILES string of the molecule is CCCCCCCCCc1ccc(CNC[C@@H](O)CC(=O)O)cc1. The average Bonchev–Trinajstić information content (AvgIpc) is 2.55. The Labute approximate surface area is 146 Å². The van der Waals surface area contributed by atoms with E-state index in [0.717, 1.165) is 12.0 Å². The fourth-order valence-corrected chi connectivity index (χ4v) is 2.77. The summed E-state index contributed by atoms with van der Waals surface area (Å²) in [4.78, 5) is 10.5. The van der Waals surface area contributed by atoms with Crippen molar-refractivity contribution in [3.05, 3.63) is 35.4 Å². The second-order valence-corrected chi connectivity index (χ2v) is 6.57. The minimum atomic E-state index is -0.973. The van der Waals surface area contributed by atoms with Crippen molar-refractivity contribution in [1.29, 1.82) is 0 Å². The van der Waals surface area contributed by atoms with Crippen LogP contribution in [0.15, 0.2) is 24.3 Å². The number of aryl methyl sites for hydroxylation is 1. The second-order valence-electron chi connectivity index (χ2n) is 6.57. The van der Waals surface area contributed by atoms with Gasteiger partial charge in [-0.25, -0.2) is 0 Å². The lowest BCUT2D eigenvalue weighted by Crippen LogP contribution is -2.28. The first kappa shape index (κ1) is 20.7. The van der Waals surface area contributed by atoms with Gasteiger partial charge in [0.05, 0.1) is 12.5 Å². The monoisotopic (exact) mass is 335 g/mol. The average molecular weight is 335 g/mol. The van der Waals surface area contributed by atoms with Gasteiger partial charge < -0.3 is 15.5 Å². The highest BCUT2D eigenvalue weighted by Gasteiger charge is 2.08. The van der Waals surface area contributed by atoms with Crippen molar-refractivity contribution in [3.8, 4) is 0 Å². The van der Waals surface area contributed by atoms with E-state index < -0.39 is 12.1 Å². The van der Waals surface area contributed by atoms with E-state index in [2.05, 4.69) is 36.5 Å². The molecular formula is C20H33NO3. The molecule has 0 fully saturated rings. The van der Waals surface area contributed by atoms with Crippen LogP contribution in [0.1, 0.15) is 69.4 Å². The van der Waals surface area contributed by atoms with Crippen LogP contribution < -0.4 is 5.32 Å². The summed E-state index contributed by atoms with van der Waals surface area (Å²) in [5.74, 6) is -0.973. The Morgan fingerprint density at radius 1 is 1.00 bits per heavy atom. The number of aliphatic hydroxyl groups excluding tert-OH is 1. The lowest BCUT2D eigenvalue weighted by Gasteiger charge is -2.10. The molecule has 0 aliphatic heterocycles. The van der Waals surface area contributed by atoms with Crippen LogP contribution in [0, 0.1) is 0 Å². The summed E-state index contributed by atoms with van der Waals surface area (Å²) in [6.45, 7) is 3.19. The molecule has 0 aliphatic rings. The number of aliphatic carboxylic acids is 1. The Morgan fingerprint density at radius 2 is 1.58 bits per heavy atom. The first-order valence-corrected chi connectivity index (χ1v) is 9.30. The highest BCUT2D eigenvalue weighted by Crippen LogP contribution is 2.11. The molecule has 4 nitrogen and oxygen atoms in total. The van der Waals surface area contributed by atoms with Gasteiger partial charge in [0.1, 0.15) is 0 Å². The summed E-state index contributed by atoms with van der Waals surface area (Å²) in [5, 5.41) is 21.2. The molecule has 24 heavy (non-hydrogen) atoms. The highest BCUT2D eigenvalue weighted by atomic mass is 16.4. The maximum absolute atomic E-state index is 10.5. The molecule has 0 unspecified atom stereocenters. The molecule has 0 aromatic heterocycles. The predicted molar refractivity (Wildman–Crippen MR) is 98.1 cm³/mol. The summed E-state index contributed by atoms with van der Waals surface area (Å²) in [6, 6.07) is 8.55. The maximum Gasteiger partial charge on any atom is 0.306 e. The van der Waals surface area contributed by atoms with Gasteiger partial charge >= 0.3 is 5.97 Å². The van der Waals surface area contributed by atoms with Gasteiger partial charge in [0.2, 0.25) is 0 Å². The van der Waals surface area contributed by atoms with Gasteiger partial charge in [-0.05, 0) is 24.0 Å². The highest BCUT2D eigenvalue weighted by molar-refractivity contribution is 5.67. The van der Waals surface area contributed by atoms with Gasteiger partial charge in [-0.2, -0.15) is 0 Å². The molecule has 0 saturated heterocycles. The van der Waals surface area contributed by atoms with Gasteiger partial charge in [-0.15, -0.1) is 0 Å². The van der Waals surface area contributed by atoms with Gasteiger partial charge in [0.15, 0.2) is 0 Å². The third kappa shape index (κ3) is 10.4. The summed E-state index contributed by atoms with van der Waals surface area (Å²) in [6.07, 6.45) is 9.41. The smallest absolute Gasteiger partial charge is 0.306 e. The number of benzene rings is 1. The van der Waals surface area contributed by atoms with E-state index in [4.69, 9.17) is 5.11 Å². The first-order valence-electron chi connectivity index (χ1n) is 9.30. The van der Waals surface area contributed by atoms with Crippen molar-refractivity contribution < 1.29 is 15.0 Å². The number of hydrogen-bond donors (Lipinski definition) is 3. The summed E-state index contributed by atoms with van der Waals surface area (Å²) in [5.41, 5.74) is 2.53. The Morgan fingerprint density at radius 3 is 2.21 bits per heavy atom. The van der Waals surface area contributed by atoms with Crippen LogP contribution in [-0.2, 0) is 17.8 Å². The van der Waals surface area contributed by atoms with E-state index in [1.54, 1.807) is 0 Å². The van der Waals surface area contributed by atoms with Gasteiger partial charge in [-0.3, -0.25) is 4.79 Å². The van der Waals surface area contributed by atoms with E-state index in [1.165, 1.54) is 50.5 Å². The molecule has 0 spiro atoms. The molecule has 1 aromatic rings. The zero-order valence-electron chi connectivity index (χ0n) is 15.0. The van der Waals surface area contributed by atoms with E-state index >= 15 is 0 Å². The molecule has 0 amide bonds. The number of nitrogens with one attached hydrogen (secondary N) is 1. The fraction of sp³-hybridized carbons (Fsp3) is 0.650. The van der Waals surface area contributed by atoms with E-state index in [0.29, 0.717) is 13.1 Å². The lowest BCUT2D eigenvalue weighted by molar-refractivity contribution is -0.139. The number of carbonyl (C=O) groups is 1. The standard InChI is InChI=1S/C20H33NO3/c1-2-3-4-5-6-7-8-9-17-10-12-18(13-11-17)15-21-16-19(22)14-20(23)24/h10-13,19,21-22H,2-9,14-16H2,1H3,(H,23,24)/t19-/m0/s1. The molecule has 3 N–H and O–H groups in total. The Balaban J connectivity index is 2.13. The Kier molecular flexibility index (Phi) is 11.2. The third-order valence-corrected chi connectivity index (χ3v) is 4.21. The minimum Gasteiger partial charge on any atom is -0.481 e. The van der Waals surface area contributed by atoms with Crippen molar-refractivity contribution in [2.75, 3.05) is 6.54 Å². The molecule has 0 saturated carbocycles. The number of aliphatic hydroxyl groups is 1. The van der Waals surface area contributed by atoms with E-state index in [1.807, 2.05) is 0 Å². The molecule has 136 valence electrons. The zero-order chi connectivity index (χ0) is 17.6. The number of carboxylic acids is 1. The Hall–Kier alpha value is -1.39. The normalized spacial score (nSPS) is 12.2. The van der Waals surface area contributed by atoms with Crippen LogP contribution in [-0.4, -0.2) is 28.8 Å². The van der Waals surface area contributed by atoms with Gasteiger partial charge in [-0.1, -0.05) is 69.7 Å². The van der Waals surface area contributed by atoms with Crippen molar-refractivity contribution >= 4 is 5.97 Å². The largest absolute Gasteiger partial charge is 0.481 e. The van der Waals surface area contributed by atoms with E-state index in [9.17, 15) is 9.90 Å². The summed E-state index contributed by atoms with van der Waals surface area (Å²) < 4.78 is 0. The number of carboxylic acid groups (broad SMARTS) is 1. The van der Waals surface area contributed by atoms with Crippen LogP contribution in [0.5, 0.6) is 0 Å². The summed E-state index contributed by atoms with van der Waals surface area (Å²) >= 11 is 0. The van der Waals surface area contributed by atoms with Crippen molar-refractivity contribution in [2.24, 2.45) is 0 Å². The molecule has 0 aliphatic carbocycles. The molecule has 0 bridgehead atoms. The van der Waals surface area contributed by atoms with Crippen molar-refractivity contribution in [1.82, 2.24) is 5.32 Å². The lowest BCUT2D eigenvalue weighted by atomic mass is 10.0. The van der Waals surface area contributed by atoms with Crippen LogP contribution in [0.25, 0.3) is 0 Å². The van der Waals surface area contributed by atoms with Crippen LogP contribution in [0.4, 0.5) is 0 Å². The zero-order valence-corrected chi connectivity index (χ0v) is 15.0. The Bertz CT molecular complexity index is 445. The third-order valence-electron chi connectivity index (χ3n) is 4.21. The fourth-order valence-electron chi connectivity index (χ4n) is 2.77. The van der Waals surface area contributed by atoms with Crippen LogP contribution in [0.2, 0.25) is 0 Å². The van der Waals surface area contributed by atoms with Gasteiger partial charge in [0, 0.05) is 13.1 Å². The van der Waals surface area contributed by atoms with Crippen molar-refractivity contribution in [2.45, 2.75) is 77.4 Å². The molecule has 1 rings (SSSR count). The second kappa shape index (κ2) is 13.0. The summed E-state index contributed by atoms with van der Waals surface area (Å²) in [7, 11) is 0. The molecule has 4 heteroatoms. The van der Waals surface area contributed by atoms with Gasteiger partial charge in [0.25, 0.3) is 0 Å². The molecular weight excluding hydrogens is 302 g/mol. The minimum absolute atomic E-state index is 0.218. The first-order chi connectivity index (χ1) is 11.6. The quantitative estimate of drug-likeness (QED) is 0.451. The van der Waals surface area contributed by atoms with E-state index in [-0.39, 0.29) is 6.42 Å². The van der Waals surface area contributed by atoms with Crippen LogP contribution in [0.3, 0.4) is 0 Å². The topological polar surface area (TPSA) is 69.6 Å². The molecule has 1 aromatic carbocycles. The van der Waals surface area contributed by atoms with Crippen molar-refractivity contribution in [3.63, 3.8) is 0 Å². The number of hydrogen-bond acceptors (Lipinski definition) is 3.